The average Bonchev–Trinajstić information content (AvgIpc) is 2.63. The fourth-order valence-electron chi connectivity index (χ4n) is 2.46. The van der Waals surface area contributed by atoms with Crippen molar-refractivity contribution in [1.29, 1.82) is 0 Å². The fraction of sp³-hybridized carbons (Fsp3) is 0.158. The van der Waals surface area contributed by atoms with E-state index in [0.29, 0.717) is 11.5 Å². The van der Waals surface area contributed by atoms with E-state index in [1.54, 1.807) is 12.1 Å². The number of nitrogens with one attached hydrogen (secondary N) is 1. The Hall–Kier alpha value is -2.73. The number of hydrogen-bond donors (Lipinski definition) is 1. The van der Waals surface area contributed by atoms with Crippen molar-refractivity contribution >= 4 is 15.7 Å². The quantitative estimate of drug-likeness (QED) is 0.729. The van der Waals surface area contributed by atoms with E-state index in [1.807, 2.05) is 42.5 Å². The van der Waals surface area contributed by atoms with Crippen molar-refractivity contribution in [2.24, 2.45) is 0 Å². The van der Waals surface area contributed by atoms with Crippen LogP contribution in [0.5, 0.6) is 0 Å². The molecule has 0 aliphatic rings. The summed E-state index contributed by atoms with van der Waals surface area (Å²) in [5.74, 6) is 0.549. The predicted octanol–water partition coefficient (Wildman–Crippen LogP) is 3.90. The highest BCUT2D eigenvalue weighted by Gasteiger charge is 2.14. The Morgan fingerprint density at radius 1 is 0.920 bits per heavy atom. The lowest BCUT2D eigenvalue weighted by atomic mass is 10.1. The lowest BCUT2D eigenvalue weighted by Gasteiger charge is -2.09. The van der Waals surface area contributed by atoms with Crippen LogP contribution in [-0.4, -0.2) is 18.4 Å². The van der Waals surface area contributed by atoms with Gasteiger partial charge in [-0.15, -0.1) is 0 Å². The summed E-state index contributed by atoms with van der Waals surface area (Å²) in [6, 6.07) is 16.4. The fourth-order valence-corrected chi connectivity index (χ4v) is 3.48. The molecule has 0 fully saturated rings. The minimum atomic E-state index is -3.65. The molecule has 1 heterocycles. The molecular formula is C19H19N3O2S. The maximum absolute atomic E-state index is 12.5. The summed E-state index contributed by atoms with van der Waals surface area (Å²) in [5, 5.41) is 0. The van der Waals surface area contributed by atoms with Crippen LogP contribution in [0.2, 0.25) is 0 Å². The highest BCUT2D eigenvalue weighted by Crippen LogP contribution is 2.18. The summed E-state index contributed by atoms with van der Waals surface area (Å²) in [7, 11) is -3.65. The number of nitrogens with zero attached hydrogens (tertiary/aromatic N) is 2. The van der Waals surface area contributed by atoms with Crippen molar-refractivity contribution in [3.05, 3.63) is 72.6 Å². The first-order chi connectivity index (χ1) is 12.1. The third-order valence-electron chi connectivity index (χ3n) is 3.71. The molecule has 0 atom stereocenters. The van der Waals surface area contributed by atoms with Crippen LogP contribution in [-0.2, 0) is 16.4 Å². The molecule has 25 heavy (non-hydrogen) atoms. The Labute approximate surface area is 147 Å². The van der Waals surface area contributed by atoms with Gasteiger partial charge >= 0.3 is 0 Å². The summed E-state index contributed by atoms with van der Waals surface area (Å²) >= 11 is 0. The molecule has 0 saturated heterocycles. The molecule has 1 N–H and O–H groups in total. The molecule has 5 nitrogen and oxygen atoms in total. The van der Waals surface area contributed by atoms with Gasteiger partial charge in [0.1, 0.15) is 0 Å². The topological polar surface area (TPSA) is 72.0 Å². The van der Waals surface area contributed by atoms with Gasteiger partial charge in [-0.05, 0) is 24.1 Å². The third-order valence-corrected chi connectivity index (χ3v) is 5.11. The van der Waals surface area contributed by atoms with Crippen molar-refractivity contribution in [1.82, 2.24) is 9.97 Å². The largest absolute Gasteiger partial charge is 0.276 e. The molecule has 0 bridgehead atoms. The predicted molar refractivity (Wildman–Crippen MR) is 98.7 cm³/mol. The Bertz CT molecular complexity index is 923. The molecule has 1 aromatic heterocycles. The number of aryl methyl sites for hydroxylation is 1. The third kappa shape index (κ3) is 4.22. The van der Waals surface area contributed by atoms with Crippen molar-refractivity contribution in [3.63, 3.8) is 0 Å². The summed E-state index contributed by atoms with van der Waals surface area (Å²) in [6.45, 7) is 2.09. The molecule has 128 valence electrons. The van der Waals surface area contributed by atoms with Gasteiger partial charge in [-0.25, -0.2) is 18.4 Å². The zero-order chi connectivity index (χ0) is 17.7. The van der Waals surface area contributed by atoms with Crippen LogP contribution in [0.15, 0.2) is 71.9 Å². The SMILES string of the molecule is CCCc1ccc(S(=O)(=O)Nc2cnc(-c3ccccc3)nc2)cc1. The standard InChI is InChI=1S/C19H19N3O2S/c1-2-6-15-9-11-18(12-10-15)25(23,24)22-17-13-20-19(21-14-17)16-7-4-3-5-8-16/h3-5,7-14,22H,2,6H2,1H3. The van der Waals surface area contributed by atoms with Gasteiger partial charge in [0.15, 0.2) is 5.82 Å². The summed E-state index contributed by atoms with van der Waals surface area (Å²) in [4.78, 5) is 8.68. The first kappa shape index (κ1) is 17.1. The van der Waals surface area contributed by atoms with Crippen LogP contribution < -0.4 is 4.72 Å². The Morgan fingerprint density at radius 2 is 1.56 bits per heavy atom. The molecule has 0 saturated carbocycles. The van der Waals surface area contributed by atoms with E-state index in [0.717, 1.165) is 24.0 Å². The van der Waals surface area contributed by atoms with E-state index in [4.69, 9.17) is 0 Å². The summed E-state index contributed by atoms with van der Waals surface area (Å²) < 4.78 is 27.4. The normalized spacial score (nSPS) is 11.2. The van der Waals surface area contributed by atoms with Gasteiger partial charge in [0.05, 0.1) is 23.0 Å². The van der Waals surface area contributed by atoms with Gasteiger partial charge in [0.25, 0.3) is 10.0 Å². The van der Waals surface area contributed by atoms with Gasteiger partial charge in [-0.2, -0.15) is 0 Å². The monoisotopic (exact) mass is 353 g/mol. The van der Waals surface area contributed by atoms with Gasteiger partial charge in [0, 0.05) is 5.56 Å². The maximum Gasteiger partial charge on any atom is 0.261 e. The van der Waals surface area contributed by atoms with Gasteiger partial charge in [-0.3, -0.25) is 4.72 Å². The van der Waals surface area contributed by atoms with E-state index in [2.05, 4.69) is 21.6 Å². The maximum atomic E-state index is 12.5. The van der Waals surface area contributed by atoms with Crippen molar-refractivity contribution < 1.29 is 8.42 Å². The van der Waals surface area contributed by atoms with E-state index in [9.17, 15) is 8.42 Å². The second kappa shape index (κ2) is 7.44. The molecule has 3 aromatic rings. The summed E-state index contributed by atoms with van der Waals surface area (Å²) in [5.41, 5.74) is 2.33. The first-order valence-corrected chi connectivity index (χ1v) is 9.56. The molecule has 2 aromatic carbocycles. The minimum Gasteiger partial charge on any atom is -0.276 e. The lowest BCUT2D eigenvalue weighted by molar-refractivity contribution is 0.601. The number of aromatic nitrogens is 2. The van der Waals surface area contributed by atoms with Gasteiger partial charge in [0.2, 0.25) is 0 Å². The van der Waals surface area contributed by atoms with Crippen molar-refractivity contribution in [2.75, 3.05) is 4.72 Å². The molecule has 0 amide bonds. The second-order valence-electron chi connectivity index (χ2n) is 5.66. The van der Waals surface area contributed by atoms with E-state index in [1.165, 1.54) is 12.4 Å². The van der Waals surface area contributed by atoms with Crippen LogP contribution in [0.4, 0.5) is 5.69 Å². The minimum absolute atomic E-state index is 0.222. The Morgan fingerprint density at radius 3 is 2.16 bits per heavy atom. The molecule has 0 spiro atoms. The molecular weight excluding hydrogens is 334 g/mol. The highest BCUT2D eigenvalue weighted by molar-refractivity contribution is 7.92. The molecule has 3 rings (SSSR count). The van der Waals surface area contributed by atoms with Crippen LogP contribution in [0, 0.1) is 0 Å². The van der Waals surface area contributed by atoms with E-state index >= 15 is 0 Å². The zero-order valence-corrected chi connectivity index (χ0v) is 14.7. The molecule has 0 aliphatic carbocycles. The van der Waals surface area contributed by atoms with Crippen LogP contribution in [0.3, 0.4) is 0 Å². The van der Waals surface area contributed by atoms with Crippen LogP contribution in [0.1, 0.15) is 18.9 Å². The number of benzene rings is 2. The van der Waals surface area contributed by atoms with Crippen LogP contribution in [0.25, 0.3) is 11.4 Å². The first-order valence-electron chi connectivity index (χ1n) is 8.08. The van der Waals surface area contributed by atoms with Crippen molar-refractivity contribution in [2.45, 2.75) is 24.7 Å². The average molecular weight is 353 g/mol. The number of hydrogen-bond acceptors (Lipinski definition) is 4. The summed E-state index contributed by atoms with van der Waals surface area (Å²) in [6.07, 6.45) is 4.90. The van der Waals surface area contributed by atoms with Gasteiger partial charge in [-0.1, -0.05) is 55.8 Å². The Balaban J connectivity index is 1.76. The second-order valence-corrected chi connectivity index (χ2v) is 7.34. The number of sulfonamides is 1. The molecule has 0 unspecified atom stereocenters. The number of anilines is 1. The molecule has 6 heteroatoms. The lowest BCUT2D eigenvalue weighted by Crippen LogP contribution is -2.13. The smallest absolute Gasteiger partial charge is 0.261 e. The Kier molecular flexibility index (Phi) is 5.09. The number of rotatable bonds is 6. The van der Waals surface area contributed by atoms with Crippen LogP contribution >= 0.6 is 0 Å². The molecule has 0 radical (unpaired) electrons. The van der Waals surface area contributed by atoms with Crippen molar-refractivity contribution in [3.8, 4) is 11.4 Å². The zero-order valence-electron chi connectivity index (χ0n) is 13.9. The molecule has 0 aliphatic heterocycles. The van der Waals surface area contributed by atoms with E-state index in [-0.39, 0.29) is 4.90 Å². The van der Waals surface area contributed by atoms with E-state index < -0.39 is 10.0 Å². The highest BCUT2D eigenvalue weighted by atomic mass is 32.2. The van der Waals surface area contributed by atoms with Gasteiger partial charge < -0.3 is 0 Å².